The number of hydrogen-bond acceptors (Lipinski definition) is 4. The first-order chi connectivity index (χ1) is 9.19. The van der Waals surface area contributed by atoms with Crippen molar-refractivity contribution in [1.29, 1.82) is 0 Å². The molecule has 2 N–H and O–H groups in total. The standard InChI is InChI=1S/C14H17N3O2/c18-12(14(19)4-2-5-14)10-17-8-7-16-13(17)11-3-1-6-15-9-11/h1,3,6-9,12,18-19H,2,4-5,10H2. The Kier molecular flexibility index (Phi) is 3.08. The lowest BCUT2D eigenvalue weighted by Crippen LogP contribution is -2.50. The first-order valence-electron chi connectivity index (χ1n) is 6.51. The zero-order valence-corrected chi connectivity index (χ0v) is 10.6. The number of nitrogens with zero attached hydrogens (tertiary/aromatic N) is 3. The second-order valence-corrected chi connectivity index (χ2v) is 5.12. The zero-order chi connectivity index (χ0) is 13.3. The molecule has 1 aliphatic carbocycles. The Morgan fingerprint density at radius 3 is 2.84 bits per heavy atom. The maximum atomic E-state index is 10.2. The van der Waals surface area contributed by atoms with E-state index in [9.17, 15) is 10.2 Å². The lowest BCUT2D eigenvalue weighted by atomic mass is 9.76. The monoisotopic (exact) mass is 259 g/mol. The van der Waals surface area contributed by atoms with Crippen molar-refractivity contribution in [2.45, 2.75) is 37.5 Å². The third kappa shape index (κ3) is 2.27. The van der Waals surface area contributed by atoms with Crippen LogP contribution in [0.2, 0.25) is 0 Å². The molecule has 0 radical (unpaired) electrons. The molecule has 2 aromatic rings. The van der Waals surface area contributed by atoms with Crippen molar-refractivity contribution in [2.75, 3.05) is 0 Å². The van der Waals surface area contributed by atoms with Gasteiger partial charge in [0, 0.05) is 30.4 Å². The van der Waals surface area contributed by atoms with Crippen molar-refractivity contribution < 1.29 is 10.2 Å². The van der Waals surface area contributed by atoms with Crippen LogP contribution in [0.3, 0.4) is 0 Å². The van der Waals surface area contributed by atoms with Gasteiger partial charge in [0.1, 0.15) is 11.9 Å². The number of aromatic nitrogens is 3. The lowest BCUT2D eigenvalue weighted by molar-refractivity contribution is -0.130. The molecular weight excluding hydrogens is 242 g/mol. The molecule has 1 fully saturated rings. The van der Waals surface area contributed by atoms with E-state index in [-0.39, 0.29) is 0 Å². The SMILES string of the molecule is OC(Cn1ccnc1-c1cccnc1)C1(O)CCC1. The molecule has 2 heterocycles. The molecule has 2 aromatic heterocycles. The Labute approximate surface area is 111 Å². The maximum Gasteiger partial charge on any atom is 0.141 e. The summed E-state index contributed by atoms with van der Waals surface area (Å²) in [6.07, 6.45) is 8.52. The average molecular weight is 259 g/mol. The molecule has 0 spiro atoms. The Morgan fingerprint density at radius 1 is 1.37 bits per heavy atom. The molecule has 5 nitrogen and oxygen atoms in total. The van der Waals surface area contributed by atoms with E-state index < -0.39 is 11.7 Å². The predicted molar refractivity (Wildman–Crippen MR) is 70.3 cm³/mol. The third-order valence-electron chi connectivity index (χ3n) is 3.84. The smallest absolute Gasteiger partial charge is 0.141 e. The van der Waals surface area contributed by atoms with Crippen LogP contribution in [-0.4, -0.2) is 36.5 Å². The molecule has 100 valence electrons. The minimum atomic E-state index is -0.920. The Balaban J connectivity index is 1.81. The Hall–Kier alpha value is -1.72. The molecule has 1 unspecified atom stereocenters. The molecule has 3 rings (SSSR count). The van der Waals surface area contributed by atoms with Gasteiger partial charge in [0.05, 0.1) is 12.1 Å². The van der Waals surface area contributed by atoms with E-state index in [1.54, 1.807) is 18.6 Å². The predicted octanol–water partition coefficient (Wildman–Crippen LogP) is 1.22. The van der Waals surface area contributed by atoms with Gasteiger partial charge in [-0.05, 0) is 31.4 Å². The second-order valence-electron chi connectivity index (χ2n) is 5.12. The number of imidazole rings is 1. The van der Waals surface area contributed by atoms with Gasteiger partial charge >= 0.3 is 0 Å². The van der Waals surface area contributed by atoms with Crippen molar-refractivity contribution >= 4 is 0 Å². The maximum absolute atomic E-state index is 10.2. The first kappa shape index (κ1) is 12.3. The highest BCUT2D eigenvalue weighted by Crippen LogP contribution is 2.35. The summed E-state index contributed by atoms with van der Waals surface area (Å²) in [7, 11) is 0. The highest BCUT2D eigenvalue weighted by atomic mass is 16.3. The molecule has 0 saturated heterocycles. The highest BCUT2D eigenvalue weighted by molar-refractivity contribution is 5.53. The summed E-state index contributed by atoms with van der Waals surface area (Å²) < 4.78 is 1.86. The molecule has 0 amide bonds. The topological polar surface area (TPSA) is 71.2 Å². The minimum Gasteiger partial charge on any atom is -0.388 e. The summed E-state index contributed by atoms with van der Waals surface area (Å²) >= 11 is 0. The van der Waals surface area contributed by atoms with Crippen molar-refractivity contribution in [2.24, 2.45) is 0 Å². The largest absolute Gasteiger partial charge is 0.388 e. The summed E-state index contributed by atoms with van der Waals surface area (Å²) in [5.74, 6) is 0.759. The molecule has 0 bridgehead atoms. The van der Waals surface area contributed by atoms with Crippen molar-refractivity contribution in [3.8, 4) is 11.4 Å². The minimum absolute atomic E-state index is 0.348. The zero-order valence-electron chi connectivity index (χ0n) is 10.6. The normalized spacial score (nSPS) is 18.8. The average Bonchev–Trinajstić information content (AvgIpc) is 2.85. The third-order valence-corrected chi connectivity index (χ3v) is 3.84. The summed E-state index contributed by atoms with van der Waals surface area (Å²) in [6.45, 7) is 0.348. The van der Waals surface area contributed by atoms with E-state index >= 15 is 0 Å². The van der Waals surface area contributed by atoms with Crippen LogP contribution in [0.5, 0.6) is 0 Å². The Bertz CT molecular complexity index is 549. The van der Waals surface area contributed by atoms with Crippen LogP contribution in [0.1, 0.15) is 19.3 Å². The van der Waals surface area contributed by atoms with Crippen LogP contribution in [0.4, 0.5) is 0 Å². The van der Waals surface area contributed by atoms with Crippen LogP contribution < -0.4 is 0 Å². The van der Waals surface area contributed by atoms with Gasteiger partial charge < -0.3 is 14.8 Å². The summed E-state index contributed by atoms with van der Waals surface area (Å²) in [5, 5.41) is 20.3. The fourth-order valence-electron chi connectivity index (χ4n) is 2.44. The van der Waals surface area contributed by atoms with Gasteiger partial charge in [0.2, 0.25) is 0 Å². The van der Waals surface area contributed by atoms with E-state index in [1.807, 2.05) is 22.9 Å². The van der Waals surface area contributed by atoms with Crippen LogP contribution in [0.15, 0.2) is 36.9 Å². The van der Waals surface area contributed by atoms with E-state index in [0.717, 1.165) is 17.8 Å². The number of hydrogen-bond donors (Lipinski definition) is 2. The van der Waals surface area contributed by atoms with Gasteiger partial charge in [-0.2, -0.15) is 0 Å². The summed E-state index contributed by atoms with van der Waals surface area (Å²) in [5.41, 5.74) is -0.0171. The molecule has 1 atom stereocenters. The Morgan fingerprint density at radius 2 is 2.21 bits per heavy atom. The van der Waals surface area contributed by atoms with E-state index in [2.05, 4.69) is 9.97 Å². The van der Waals surface area contributed by atoms with Gasteiger partial charge in [-0.25, -0.2) is 4.98 Å². The number of pyridine rings is 1. The van der Waals surface area contributed by atoms with E-state index in [4.69, 9.17) is 0 Å². The number of aliphatic hydroxyl groups excluding tert-OH is 1. The number of rotatable bonds is 4. The molecule has 1 saturated carbocycles. The van der Waals surface area contributed by atoms with Gasteiger partial charge in [-0.15, -0.1) is 0 Å². The fraction of sp³-hybridized carbons (Fsp3) is 0.429. The molecule has 0 aromatic carbocycles. The van der Waals surface area contributed by atoms with Gasteiger partial charge in [-0.3, -0.25) is 4.98 Å². The van der Waals surface area contributed by atoms with E-state index in [1.165, 1.54) is 0 Å². The lowest BCUT2D eigenvalue weighted by Gasteiger charge is -2.40. The molecular formula is C14H17N3O2. The van der Waals surface area contributed by atoms with Crippen LogP contribution in [0, 0.1) is 0 Å². The van der Waals surface area contributed by atoms with Crippen LogP contribution in [-0.2, 0) is 6.54 Å². The van der Waals surface area contributed by atoms with Gasteiger partial charge in [-0.1, -0.05) is 0 Å². The quantitative estimate of drug-likeness (QED) is 0.866. The van der Waals surface area contributed by atoms with Crippen molar-refractivity contribution in [1.82, 2.24) is 14.5 Å². The molecule has 0 aliphatic heterocycles. The summed E-state index contributed by atoms with van der Waals surface area (Å²) in [6, 6.07) is 3.78. The van der Waals surface area contributed by atoms with Gasteiger partial charge in [0.15, 0.2) is 0 Å². The van der Waals surface area contributed by atoms with Crippen LogP contribution >= 0.6 is 0 Å². The highest BCUT2D eigenvalue weighted by Gasteiger charge is 2.41. The van der Waals surface area contributed by atoms with E-state index in [0.29, 0.717) is 19.4 Å². The molecule has 1 aliphatic rings. The van der Waals surface area contributed by atoms with Crippen molar-refractivity contribution in [3.63, 3.8) is 0 Å². The van der Waals surface area contributed by atoms with Crippen LogP contribution in [0.25, 0.3) is 11.4 Å². The van der Waals surface area contributed by atoms with Gasteiger partial charge in [0.25, 0.3) is 0 Å². The fourth-order valence-corrected chi connectivity index (χ4v) is 2.44. The first-order valence-corrected chi connectivity index (χ1v) is 6.51. The molecule has 19 heavy (non-hydrogen) atoms. The molecule has 5 heteroatoms. The van der Waals surface area contributed by atoms with Crippen molar-refractivity contribution in [3.05, 3.63) is 36.9 Å². The summed E-state index contributed by atoms with van der Waals surface area (Å²) in [4.78, 5) is 8.37. The second kappa shape index (κ2) is 4.75. The number of aliphatic hydroxyl groups is 2.